The summed E-state index contributed by atoms with van der Waals surface area (Å²) in [7, 11) is 0. The molecule has 1 N–H and O–H groups in total. The number of hydrogen-bond donors (Lipinski definition) is 1. The molecule has 0 aromatic carbocycles. The van der Waals surface area contributed by atoms with E-state index < -0.39 is 0 Å². The number of nitrogens with zero attached hydrogens (tertiary/aromatic N) is 1. The molecular weight excluding hydrogens is 328 g/mol. The number of nitrogens with one attached hydrogen (secondary N) is 1. The van der Waals surface area contributed by atoms with Gasteiger partial charge in [-0.3, -0.25) is 0 Å². The van der Waals surface area contributed by atoms with Crippen LogP contribution in [0.2, 0.25) is 0 Å². The average Bonchev–Trinajstić information content (AvgIpc) is 2.88. The van der Waals surface area contributed by atoms with E-state index in [0.717, 1.165) is 18.7 Å². The molecule has 18 heavy (non-hydrogen) atoms. The van der Waals surface area contributed by atoms with E-state index in [1.165, 1.54) is 19.2 Å². The summed E-state index contributed by atoms with van der Waals surface area (Å²) in [6.45, 7) is 7.41. The van der Waals surface area contributed by atoms with Crippen LogP contribution in [0.4, 0.5) is 0 Å². The lowest BCUT2D eigenvalue weighted by Gasteiger charge is -2.15. The van der Waals surface area contributed by atoms with Crippen LogP contribution in [0.5, 0.6) is 0 Å². The smallest absolute Gasteiger partial charge is 0.116 e. The summed E-state index contributed by atoms with van der Waals surface area (Å²) in [6.07, 6.45) is 1.13. The van der Waals surface area contributed by atoms with Gasteiger partial charge in [-0.05, 0) is 54.2 Å². The van der Waals surface area contributed by atoms with Crippen molar-refractivity contribution in [1.82, 2.24) is 10.3 Å². The first kappa shape index (κ1) is 14.2. The third-order valence-electron chi connectivity index (χ3n) is 2.80. The van der Waals surface area contributed by atoms with Gasteiger partial charge >= 0.3 is 0 Å². The lowest BCUT2D eigenvalue weighted by atomic mass is 10.2. The van der Waals surface area contributed by atoms with Crippen molar-refractivity contribution in [1.29, 1.82) is 0 Å². The van der Waals surface area contributed by atoms with Crippen molar-refractivity contribution in [2.75, 3.05) is 6.54 Å². The molecule has 0 aliphatic rings. The zero-order valence-corrected chi connectivity index (χ0v) is 14.0. The highest BCUT2D eigenvalue weighted by atomic mass is 79.9. The maximum absolute atomic E-state index is 4.70. The van der Waals surface area contributed by atoms with E-state index in [0.29, 0.717) is 0 Å². The number of aryl methyl sites for hydroxylation is 2. The van der Waals surface area contributed by atoms with Crippen LogP contribution in [0.1, 0.15) is 39.8 Å². The second kappa shape index (κ2) is 6.28. The van der Waals surface area contributed by atoms with Crippen molar-refractivity contribution >= 4 is 38.6 Å². The molecular formula is C13H17BrN2S2. The Morgan fingerprint density at radius 1 is 1.44 bits per heavy atom. The Morgan fingerprint density at radius 2 is 2.22 bits per heavy atom. The summed E-state index contributed by atoms with van der Waals surface area (Å²) in [5.74, 6) is 0. The van der Waals surface area contributed by atoms with Gasteiger partial charge in [-0.1, -0.05) is 6.92 Å². The molecule has 0 bridgehead atoms. The van der Waals surface area contributed by atoms with E-state index >= 15 is 0 Å². The van der Waals surface area contributed by atoms with Crippen LogP contribution in [0.15, 0.2) is 15.9 Å². The van der Waals surface area contributed by atoms with Crippen molar-refractivity contribution in [2.24, 2.45) is 0 Å². The molecule has 1 atom stereocenters. The summed E-state index contributed by atoms with van der Waals surface area (Å²) < 4.78 is 1.17. The summed E-state index contributed by atoms with van der Waals surface area (Å²) in [5.41, 5.74) is 1.14. The van der Waals surface area contributed by atoms with Crippen molar-refractivity contribution in [3.63, 3.8) is 0 Å². The fourth-order valence-electron chi connectivity index (χ4n) is 1.71. The van der Waals surface area contributed by atoms with Crippen LogP contribution in [0.25, 0.3) is 0 Å². The Balaban J connectivity index is 2.33. The Bertz CT molecular complexity index is 499. The highest BCUT2D eigenvalue weighted by Gasteiger charge is 2.21. The molecule has 0 spiro atoms. The topological polar surface area (TPSA) is 24.9 Å². The molecule has 5 heteroatoms. The van der Waals surface area contributed by atoms with Crippen LogP contribution < -0.4 is 5.32 Å². The molecule has 1 unspecified atom stereocenters. The maximum atomic E-state index is 4.70. The molecule has 0 fully saturated rings. The van der Waals surface area contributed by atoms with Crippen LogP contribution in [0.3, 0.4) is 0 Å². The summed E-state index contributed by atoms with van der Waals surface area (Å²) in [5, 5.41) is 6.88. The number of hydrogen-bond acceptors (Lipinski definition) is 4. The Kier molecular flexibility index (Phi) is 4.95. The predicted octanol–water partition coefficient (Wildman–Crippen LogP) is 4.67. The molecule has 2 nitrogen and oxygen atoms in total. The highest BCUT2D eigenvalue weighted by molar-refractivity contribution is 9.10. The van der Waals surface area contributed by atoms with E-state index in [4.69, 9.17) is 4.98 Å². The molecule has 2 rings (SSSR count). The van der Waals surface area contributed by atoms with Crippen molar-refractivity contribution < 1.29 is 0 Å². The van der Waals surface area contributed by atoms with Gasteiger partial charge in [0.15, 0.2) is 0 Å². The lowest BCUT2D eigenvalue weighted by molar-refractivity contribution is 0.601. The summed E-state index contributed by atoms with van der Waals surface area (Å²) in [6, 6.07) is 2.32. The Hall–Kier alpha value is -0.230. The molecule has 0 aliphatic carbocycles. The molecule has 2 heterocycles. The first-order chi connectivity index (χ1) is 8.63. The lowest BCUT2D eigenvalue weighted by Crippen LogP contribution is -2.22. The monoisotopic (exact) mass is 344 g/mol. The van der Waals surface area contributed by atoms with E-state index in [1.54, 1.807) is 22.7 Å². The number of halogens is 1. The number of aromatic nitrogens is 1. The van der Waals surface area contributed by atoms with E-state index in [9.17, 15) is 0 Å². The van der Waals surface area contributed by atoms with Crippen LogP contribution in [-0.2, 0) is 0 Å². The van der Waals surface area contributed by atoms with Crippen molar-refractivity contribution in [3.8, 4) is 0 Å². The van der Waals surface area contributed by atoms with Gasteiger partial charge in [-0.15, -0.1) is 22.7 Å². The Morgan fingerprint density at radius 3 is 2.72 bits per heavy atom. The first-order valence-corrected chi connectivity index (χ1v) is 8.52. The maximum Gasteiger partial charge on any atom is 0.116 e. The van der Waals surface area contributed by atoms with Crippen LogP contribution in [-0.4, -0.2) is 11.5 Å². The predicted molar refractivity (Wildman–Crippen MR) is 83.7 cm³/mol. The van der Waals surface area contributed by atoms with Crippen LogP contribution in [0, 0.1) is 13.8 Å². The molecule has 0 saturated carbocycles. The van der Waals surface area contributed by atoms with Gasteiger partial charge in [0.2, 0.25) is 0 Å². The number of thiophene rings is 1. The van der Waals surface area contributed by atoms with Gasteiger partial charge < -0.3 is 5.32 Å². The normalized spacial score (nSPS) is 12.9. The fourth-order valence-corrected chi connectivity index (χ4v) is 4.48. The minimum atomic E-state index is 0.219. The third kappa shape index (κ3) is 3.02. The Labute approximate surface area is 125 Å². The van der Waals surface area contributed by atoms with Gasteiger partial charge in [-0.2, -0.15) is 0 Å². The number of rotatable bonds is 5. The zero-order valence-electron chi connectivity index (χ0n) is 10.8. The largest absolute Gasteiger partial charge is 0.304 e. The van der Waals surface area contributed by atoms with Gasteiger partial charge in [0.25, 0.3) is 0 Å². The van der Waals surface area contributed by atoms with Gasteiger partial charge in [-0.25, -0.2) is 4.98 Å². The van der Waals surface area contributed by atoms with Gasteiger partial charge in [0, 0.05) is 14.2 Å². The van der Waals surface area contributed by atoms with E-state index in [1.807, 2.05) is 0 Å². The van der Waals surface area contributed by atoms with Crippen LogP contribution >= 0.6 is 38.6 Å². The highest BCUT2D eigenvalue weighted by Crippen LogP contribution is 2.35. The van der Waals surface area contributed by atoms with E-state index in [-0.39, 0.29) is 6.04 Å². The van der Waals surface area contributed by atoms with Gasteiger partial charge in [0.1, 0.15) is 5.01 Å². The molecule has 0 saturated heterocycles. The average molecular weight is 345 g/mol. The molecule has 0 radical (unpaired) electrons. The molecule has 98 valence electrons. The van der Waals surface area contributed by atoms with Gasteiger partial charge in [0.05, 0.1) is 11.7 Å². The minimum Gasteiger partial charge on any atom is -0.304 e. The first-order valence-electron chi connectivity index (χ1n) is 6.03. The van der Waals surface area contributed by atoms with E-state index in [2.05, 4.69) is 53.5 Å². The zero-order chi connectivity index (χ0) is 13.1. The standard InChI is InChI=1S/C13H17BrN2S2/c1-4-6-15-11(12-10(14)5-7-17-12)13-16-8(2)9(3)18-13/h5,7,11,15H,4,6H2,1-3H3. The number of thiazole rings is 1. The second-order valence-corrected chi connectivity index (χ2v) is 7.25. The fraction of sp³-hybridized carbons (Fsp3) is 0.462. The second-order valence-electron chi connectivity index (χ2n) is 4.21. The minimum absolute atomic E-state index is 0.219. The SMILES string of the molecule is CCCNC(c1nc(C)c(C)s1)c1sccc1Br. The quantitative estimate of drug-likeness (QED) is 0.852. The van der Waals surface area contributed by atoms with Crippen molar-refractivity contribution in [3.05, 3.63) is 36.4 Å². The molecule has 2 aromatic heterocycles. The summed E-state index contributed by atoms with van der Waals surface area (Å²) >= 11 is 7.20. The molecule has 2 aromatic rings. The van der Waals surface area contributed by atoms with Crippen molar-refractivity contribution in [2.45, 2.75) is 33.2 Å². The third-order valence-corrected chi connectivity index (χ3v) is 5.87. The molecule has 0 aliphatic heterocycles. The molecule has 0 amide bonds. The summed E-state index contributed by atoms with van der Waals surface area (Å²) in [4.78, 5) is 7.33.